The summed E-state index contributed by atoms with van der Waals surface area (Å²) in [6.45, 7) is 6.92. The Morgan fingerprint density at radius 1 is 1.24 bits per heavy atom. The van der Waals surface area contributed by atoms with Crippen LogP contribution in [0.5, 0.6) is 0 Å². The monoisotopic (exact) mass is 301 g/mol. The minimum atomic E-state index is -0.635. The molecule has 0 aromatic rings. The van der Waals surface area contributed by atoms with Crippen LogP contribution in [0, 0.1) is 5.41 Å². The smallest absolute Gasteiger partial charge is 0.410 e. The van der Waals surface area contributed by atoms with E-state index in [9.17, 15) is 9.59 Å². The van der Waals surface area contributed by atoms with Crippen molar-refractivity contribution in [3.63, 3.8) is 0 Å². The summed E-state index contributed by atoms with van der Waals surface area (Å²) in [4.78, 5) is 25.9. The molecule has 0 radical (unpaired) electrons. The van der Waals surface area contributed by atoms with Crippen molar-refractivity contribution in [1.29, 1.82) is 0 Å². The number of amides is 1. The fraction of sp³-hybridized carbons (Fsp3) is 0.867. The minimum Gasteiger partial charge on any atom is -0.469 e. The Kier molecular flexibility index (Phi) is 6.01. The zero-order valence-electron chi connectivity index (χ0n) is 13.7. The van der Waals surface area contributed by atoms with E-state index in [0.29, 0.717) is 32.5 Å². The van der Waals surface area contributed by atoms with Crippen LogP contribution in [0.4, 0.5) is 4.79 Å². The number of hydrogen-bond acceptors (Lipinski definition) is 5. The summed E-state index contributed by atoms with van der Waals surface area (Å²) in [6.07, 6.45) is 1.63. The van der Waals surface area contributed by atoms with Gasteiger partial charge in [-0.05, 0) is 40.0 Å². The van der Waals surface area contributed by atoms with Crippen molar-refractivity contribution in [2.75, 3.05) is 33.9 Å². The Balaban J connectivity index is 2.71. The van der Waals surface area contributed by atoms with Crippen LogP contribution in [0.15, 0.2) is 0 Å². The summed E-state index contributed by atoms with van der Waals surface area (Å²) in [6, 6.07) is 0. The van der Waals surface area contributed by atoms with Gasteiger partial charge in [-0.15, -0.1) is 0 Å². The molecule has 6 nitrogen and oxygen atoms in total. The van der Waals surface area contributed by atoms with Crippen LogP contribution in [0.1, 0.15) is 40.0 Å². The largest absolute Gasteiger partial charge is 0.469 e. The number of likely N-dealkylation sites (tertiary alicyclic amines) is 1. The van der Waals surface area contributed by atoms with E-state index in [4.69, 9.17) is 14.2 Å². The lowest BCUT2D eigenvalue weighted by atomic mass is 9.82. The van der Waals surface area contributed by atoms with Gasteiger partial charge in [0.2, 0.25) is 0 Å². The average molecular weight is 301 g/mol. The molecule has 0 aromatic carbocycles. The van der Waals surface area contributed by atoms with Gasteiger partial charge in [0.25, 0.3) is 0 Å². The Morgan fingerprint density at radius 2 is 1.90 bits per heavy atom. The van der Waals surface area contributed by atoms with Gasteiger partial charge < -0.3 is 19.1 Å². The lowest BCUT2D eigenvalue weighted by molar-refractivity contribution is -0.152. The summed E-state index contributed by atoms with van der Waals surface area (Å²) < 4.78 is 15.3. The van der Waals surface area contributed by atoms with E-state index in [-0.39, 0.29) is 12.1 Å². The molecular weight excluding hydrogens is 274 g/mol. The topological polar surface area (TPSA) is 65.1 Å². The predicted octanol–water partition coefficient (Wildman–Crippen LogP) is 2.21. The van der Waals surface area contributed by atoms with Gasteiger partial charge in [-0.2, -0.15) is 0 Å². The second-order valence-electron chi connectivity index (χ2n) is 6.52. The summed E-state index contributed by atoms with van der Waals surface area (Å²) in [5, 5.41) is 0. The molecule has 0 aliphatic carbocycles. The van der Waals surface area contributed by atoms with E-state index in [1.807, 2.05) is 20.8 Å². The standard InChI is InChI=1S/C15H27NO5/c1-14(2,3)21-13(18)16-9-8-15(11-16,12(17)20-5)7-6-10-19-4/h6-11H2,1-5H3. The summed E-state index contributed by atoms with van der Waals surface area (Å²) in [7, 11) is 3.02. The van der Waals surface area contributed by atoms with Crippen molar-refractivity contribution in [3.8, 4) is 0 Å². The van der Waals surface area contributed by atoms with Gasteiger partial charge in [0.1, 0.15) is 5.60 Å². The third-order valence-corrected chi connectivity index (χ3v) is 3.63. The Morgan fingerprint density at radius 3 is 2.43 bits per heavy atom. The van der Waals surface area contributed by atoms with Crippen LogP contribution in [0.3, 0.4) is 0 Å². The molecule has 21 heavy (non-hydrogen) atoms. The molecule has 0 saturated carbocycles. The lowest BCUT2D eigenvalue weighted by Gasteiger charge is -2.28. The summed E-state index contributed by atoms with van der Waals surface area (Å²) >= 11 is 0. The van der Waals surface area contributed by atoms with E-state index in [1.165, 1.54) is 7.11 Å². The van der Waals surface area contributed by atoms with Gasteiger partial charge in [-0.3, -0.25) is 4.79 Å². The van der Waals surface area contributed by atoms with Crippen LogP contribution in [0.2, 0.25) is 0 Å². The second-order valence-corrected chi connectivity index (χ2v) is 6.52. The molecule has 0 bridgehead atoms. The van der Waals surface area contributed by atoms with E-state index < -0.39 is 11.0 Å². The van der Waals surface area contributed by atoms with Gasteiger partial charge in [-0.25, -0.2) is 4.79 Å². The van der Waals surface area contributed by atoms with Crippen molar-refractivity contribution < 1.29 is 23.8 Å². The molecule has 0 spiro atoms. The highest BCUT2D eigenvalue weighted by Gasteiger charge is 2.47. The molecule has 0 N–H and O–H groups in total. The number of carbonyl (C=O) groups excluding carboxylic acids is 2. The molecular formula is C15H27NO5. The van der Waals surface area contributed by atoms with Crippen LogP contribution in [-0.2, 0) is 19.0 Å². The number of nitrogens with zero attached hydrogens (tertiary/aromatic N) is 1. The van der Waals surface area contributed by atoms with Crippen LogP contribution >= 0.6 is 0 Å². The summed E-state index contributed by atoms with van der Waals surface area (Å²) in [5.74, 6) is -0.260. The Hall–Kier alpha value is -1.30. The molecule has 1 saturated heterocycles. The summed E-state index contributed by atoms with van der Waals surface area (Å²) in [5.41, 5.74) is -1.17. The first-order valence-corrected chi connectivity index (χ1v) is 7.29. The molecule has 1 unspecified atom stereocenters. The SMILES string of the molecule is COCCCC1(C(=O)OC)CCN(C(=O)OC(C)(C)C)C1. The highest BCUT2D eigenvalue weighted by Crippen LogP contribution is 2.37. The third kappa shape index (κ3) is 4.88. The van der Waals surface area contributed by atoms with Crippen molar-refractivity contribution in [2.45, 2.75) is 45.6 Å². The molecule has 1 atom stereocenters. The van der Waals surface area contributed by atoms with Gasteiger partial charge in [0, 0.05) is 26.8 Å². The van der Waals surface area contributed by atoms with E-state index >= 15 is 0 Å². The second kappa shape index (κ2) is 7.11. The van der Waals surface area contributed by atoms with Gasteiger partial charge >= 0.3 is 12.1 Å². The minimum absolute atomic E-state index is 0.260. The molecule has 1 rings (SSSR count). The first kappa shape index (κ1) is 17.8. The van der Waals surface area contributed by atoms with Crippen molar-refractivity contribution in [3.05, 3.63) is 0 Å². The van der Waals surface area contributed by atoms with Crippen LogP contribution < -0.4 is 0 Å². The first-order chi connectivity index (χ1) is 9.74. The third-order valence-electron chi connectivity index (χ3n) is 3.63. The fourth-order valence-electron chi connectivity index (χ4n) is 2.60. The molecule has 1 heterocycles. The number of rotatable bonds is 5. The zero-order valence-corrected chi connectivity index (χ0v) is 13.7. The van der Waals surface area contributed by atoms with Gasteiger partial charge in [-0.1, -0.05) is 0 Å². The number of hydrogen-bond donors (Lipinski definition) is 0. The molecule has 1 aliphatic heterocycles. The van der Waals surface area contributed by atoms with Gasteiger partial charge in [0.15, 0.2) is 0 Å². The maximum absolute atomic E-state index is 12.1. The maximum Gasteiger partial charge on any atom is 0.410 e. The predicted molar refractivity (Wildman–Crippen MR) is 78.0 cm³/mol. The van der Waals surface area contributed by atoms with Crippen molar-refractivity contribution in [2.24, 2.45) is 5.41 Å². The van der Waals surface area contributed by atoms with E-state index in [2.05, 4.69) is 0 Å². The van der Waals surface area contributed by atoms with Crippen LogP contribution in [-0.4, -0.2) is 56.5 Å². The number of carbonyl (C=O) groups is 2. The quantitative estimate of drug-likeness (QED) is 0.575. The van der Waals surface area contributed by atoms with Crippen molar-refractivity contribution >= 4 is 12.1 Å². The molecule has 122 valence electrons. The number of methoxy groups -OCH3 is 2. The lowest BCUT2D eigenvalue weighted by Crippen LogP contribution is -2.40. The number of esters is 1. The average Bonchev–Trinajstić information content (AvgIpc) is 2.82. The highest BCUT2D eigenvalue weighted by atomic mass is 16.6. The van der Waals surface area contributed by atoms with Crippen molar-refractivity contribution in [1.82, 2.24) is 4.90 Å². The molecule has 1 fully saturated rings. The normalized spacial score (nSPS) is 22.2. The first-order valence-electron chi connectivity index (χ1n) is 7.29. The number of ether oxygens (including phenoxy) is 3. The molecule has 0 aromatic heterocycles. The molecule has 6 heteroatoms. The van der Waals surface area contributed by atoms with Gasteiger partial charge in [0.05, 0.1) is 12.5 Å². The zero-order chi connectivity index (χ0) is 16.1. The maximum atomic E-state index is 12.1. The van der Waals surface area contributed by atoms with E-state index in [0.717, 1.165) is 6.42 Å². The Bertz CT molecular complexity index is 377. The fourth-order valence-corrected chi connectivity index (χ4v) is 2.60. The highest BCUT2D eigenvalue weighted by molar-refractivity contribution is 5.79. The molecule has 1 amide bonds. The molecule has 1 aliphatic rings. The van der Waals surface area contributed by atoms with Crippen LogP contribution in [0.25, 0.3) is 0 Å². The Labute approximate surface area is 126 Å². The van der Waals surface area contributed by atoms with E-state index in [1.54, 1.807) is 12.0 Å².